The summed E-state index contributed by atoms with van der Waals surface area (Å²) in [6, 6.07) is 0.680. The number of urea groups is 2. The van der Waals surface area contributed by atoms with E-state index >= 15 is 0 Å². The Bertz CT molecular complexity index is 1290. The zero-order chi connectivity index (χ0) is 43.6. The maximum absolute atomic E-state index is 13.6. The fourth-order valence-corrected chi connectivity index (χ4v) is 7.63. The van der Waals surface area contributed by atoms with E-state index in [0.29, 0.717) is 57.0 Å². The molecular formula is C42H77N9O9. The predicted molar refractivity (Wildman–Crippen MR) is 227 cm³/mol. The van der Waals surface area contributed by atoms with Crippen LogP contribution < -0.4 is 16.0 Å². The fraction of sp³-hybridized carbons (Fsp3) is 0.881. The number of hydrogen-bond acceptors (Lipinski definition) is 12. The van der Waals surface area contributed by atoms with E-state index in [-0.39, 0.29) is 37.9 Å². The van der Waals surface area contributed by atoms with Gasteiger partial charge >= 0.3 is 30.3 Å². The van der Waals surface area contributed by atoms with Crippen molar-refractivity contribution >= 4 is 30.3 Å². The third-order valence-electron chi connectivity index (χ3n) is 11.6. The number of aliphatic hydroxyl groups excluding tert-OH is 1. The second-order valence-corrected chi connectivity index (χ2v) is 17.5. The van der Waals surface area contributed by atoms with E-state index in [1.165, 1.54) is 14.7 Å². The Labute approximate surface area is 358 Å². The van der Waals surface area contributed by atoms with Crippen LogP contribution in [0.3, 0.4) is 0 Å². The maximum atomic E-state index is 13.6. The van der Waals surface area contributed by atoms with Crippen LogP contribution in [0.1, 0.15) is 119 Å². The number of unbranched alkanes of at least 4 members (excludes halogenated alkanes) is 9. The molecule has 0 aliphatic carbocycles. The maximum Gasteiger partial charge on any atom is 0.407 e. The molecule has 0 radical (unpaired) electrons. The number of carbonyl (C=O) groups excluding carboxylic acids is 5. The van der Waals surface area contributed by atoms with Gasteiger partial charge < -0.3 is 35.3 Å². The summed E-state index contributed by atoms with van der Waals surface area (Å²) in [7, 11) is 0. The lowest BCUT2D eigenvalue weighted by molar-refractivity contribution is -0.0937. The highest BCUT2D eigenvalue weighted by atomic mass is 16.6. The Morgan fingerprint density at radius 3 is 1.12 bits per heavy atom. The summed E-state index contributed by atoms with van der Waals surface area (Å²) < 4.78 is 16.3. The molecule has 7 amide bonds. The largest absolute Gasteiger partial charge is 0.445 e. The van der Waals surface area contributed by atoms with E-state index in [0.717, 1.165) is 97.1 Å². The molecule has 4 fully saturated rings. The van der Waals surface area contributed by atoms with E-state index < -0.39 is 36.7 Å². The number of hydrogen-bond donors (Lipinski definition) is 4. The first-order chi connectivity index (χ1) is 28.7. The Morgan fingerprint density at radius 1 is 0.533 bits per heavy atom. The highest BCUT2D eigenvalue weighted by Crippen LogP contribution is 2.22. The third kappa shape index (κ3) is 18.2. The number of rotatable bonds is 30. The van der Waals surface area contributed by atoms with Crippen molar-refractivity contribution in [1.82, 2.24) is 45.3 Å². The Kier molecular flexibility index (Phi) is 20.7. The molecule has 18 nitrogen and oxygen atoms in total. The summed E-state index contributed by atoms with van der Waals surface area (Å²) in [5.74, 6) is 0. The summed E-state index contributed by atoms with van der Waals surface area (Å²) in [5, 5.41) is 19.8. The van der Waals surface area contributed by atoms with Gasteiger partial charge in [0.1, 0.15) is 18.3 Å². The van der Waals surface area contributed by atoms with Gasteiger partial charge in [0.05, 0.1) is 0 Å². The summed E-state index contributed by atoms with van der Waals surface area (Å²) >= 11 is 0. The van der Waals surface area contributed by atoms with Gasteiger partial charge in [-0.15, -0.1) is 0 Å². The molecule has 344 valence electrons. The molecule has 18 heteroatoms. The number of alkyl carbamates (subject to hydrolysis) is 3. The van der Waals surface area contributed by atoms with E-state index in [1.54, 1.807) is 0 Å². The number of nitrogens with zero attached hydrogens (tertiary/aromatic N) is 6. The van der Waals surface area contributed by atoms with Crippen molar-refractivity contribution in [2.75, 3.05) is 78.5 Å². The average molecular weight is 852 g/mol. The number of amides is 7. The van der Waals surface area contributed by atoms with Gasteiger partial charge in [-0.3, -0.25) is 24.5 Å². The standard InChI is InChI=1S/C42H77N9O9/c1-31-25-46(31)28-34(4)58-37(52)43-19-13-7-10-16-22-49-40(55)50(23-17-11-8-14-20-44-38(53)59-35(5)29-47-26-32(47)2)42(57)51(41(49)56)24-18-12-9-15-21-45-39(54)60-36(6)30-48-27-33(48)3/h31-36,40,55H,7-30H2,1-6H3,(H,43,52)(H,44,53)(H,45,54). The molecular weight excluding hydrogens is 775 g/mol. The van der Waals surface area contributed by atoms with Crippen LogP contribution in [0.2, 0.25) is 0 Å². The molecule has 0 aromatic carbocycles. The lowest BCUT2D eigenvalue weighted by Gasteiger charge is -2.44. The zero-order valence-corrected chi connectivity index (χ0v) is 37.4. The number of nitrogens with one attached hydrogen (secondary N) is 3. The van der Waals surface area contributed by atoms with Crippen LogP contribution >= 0.6 is 0 Å². The molecule has 4 aliphatic heterocycles. The molecule has 9 unspecified atom stereocenters. The smallest absolute Gasteiger partial charge is 0.407 e. The highest BCUT2D eigenvalue weighted by Gasteiger charge is 2.42. The second kappa shape index (κ2) is 25.4. The van der Waals surface area contributed by atoms with Crippen molar-refractivity contribution in [3.63, 3.8) is 0 Å². The van der Waals surface area contributed by atoms with Gasteiger partial charge in [0, 0.05) is 96.7 Å². The normalized spacial score (nSPS) is 25.9. The molecule has 0 aromatic rings. The number of imide groups is 1. The topological polar surface area (TPSA) is 188 Å². The quantitative estimate of drug-likeness (QED) is 0.0449. The summed E-state index contributed by atoms with van der Waals surface area (Å²) in [4.78, 5) is 74.5. The van der Waals surface area contributed by atoms with Gasteiger partial charge in [0.25, 0.3) is 0 Å². The van der Waals surface area contributed by atoms with Gasteiger partial charge in [0.2, 0.25) is 6.35 Å². The van der Waals surface area contributed by atoms with Crippen LogP contribution in [0.25, 0.3) is 0 Å². The Morgan fingerprint density at radius 2 is 0.817 bits per heavy atom. The van der Waals surface area contributed by atoms with Gasteiger partial charge in [-0.1, -0.05) is 38.5 Å². The third-order valence-corrected chi connectivity index (χ3v) is 11.6. The first kappa shape index (κ1) is 49.0. The van der Waals surface area contributed by atoms with Crippen LogP contribution in [0, 0.1) is 0 Å². The molecule has 0 aromatic heterocycles. The molecule has 4 rings (SSSR count). The van der Waals surface area contributed by atoms with E-state index in [1.807, 2.05) is 20.8 Å². The molecule has 9 atom stereocenters. The SMILES string of the molecule is CC(CN1CC1C)OC(=O)NCCCCCCN1C(=O)N(CCCCCCNC(=O)OC(C)CN2CC2C)C(O)N(CCCCCCNC(=O)OC(C)CN2CC2C)C1=O. The second-order valence-electron chi connectivity index (χ2n) is 17.5. The highest BCUT2D eigenvalue weighted by molar-refractivity contribution is 5.96. The van der Waals surface area contributed by atoms with Crippen molar-refractivity contribution < 1.29 is 43.3 Å². The van der Waals surface area contributed by atoms with E-state index in [9.17, 15) is 29.1 Å². The number of ether oxygens (including phenoxy) is 3. The molecule has 0 saturated carbocycles. The Hall–Kier alpha value is -3.61. The van der Waals surface area contributed by atoms with Crippen molar-refractivity contribution in [3.8, 4) is 0 Å². The minimum Gasteiger partial charge on any atom is -0.445 e. The molecule has 60 heavy (non-hydrogen) atoms. The van der Waals surface area contributed by atoms with Crippen molar-refractivity contribution in [1.29, 1.82) is 0 Å². The van der Waals surface area contributed by atoms with Gasteiger partial charge in [0.15, 0.2) is 0 Å². The van der Waals surface area contributed by atoms with Crippen LogP contribution in [0.15, 0.2) is 0 Å². The van der Waals surface area contributed by atoms with Crippen LogP contribution in [0.5, 0.6) is 0 Å². The first-order valence-electron chi connectivity index (χ1n) is 22.9. The van der Waals surface area contributed by atoms with Gasteiger partial charge in [-0.05, 0) is 80.1 Å². The van der Waals surface area contributed by atoms with Crippen LogP contribution in [-0.4, -0.2) is 186 Å². The number of aliphatic hydroxyl groups is 1. The first-order valence-corrected chi connectivity index (χ1v) is 22.9. The zero-order valence-electron chi connectivity index (χ0n) is 37.4. The average Bonchev–Trinajstić information content (AvgIpc) is 4.15. The molecule has 0 bridgehead atoms. The molecule has 4 N–H and O–H groups in total. The van der Waals surface area contributed by atoms with E-state index in [2.05, 4.69) is 51.4 Å². The minimum atomic E-state index is -1.36. The monoisotopic (exact) mass is 852 g/mol. The van der Waals surface area contributed by atoms with Crippen LogP contribution in [0.4, 0.5) is 24.0 Å². The number of carbonyl (C=O) groups is 5. The van der Waals surface area contributed by atoms with Gasteiger partial charge in [-0.2, -0.15) is 0 Å². The predicted octanol–water partition coefficient (Wildman–Crippen LogP) is 4.56. The van der Waals surface area contributed by atoms with Crippen molar-refractivity contribution in [2.45, 2.75) is 161 Å². The van der Waals surface area contributed by atoms with Gasteiger partial charge in [-0.25, -0.2) is 28.9 Å². The van der Waals surface area contributed by atoms with E-state index in [4.69, 9.17) is 14.2 Å². The lowest BCUT2D eigenvalue weighted by atomic mass is 10.1. The fourth-order valence-electron chi connectivity index (χ4n) is 7.63. The summed E-state index contributed by atoms with van der Waals surface area (Å²) in [6.45, 7) is 19.7. The molecule has 4 heterocycles. The molecule has 4 saturated heterocycles. The minimum absolute atomic E-state index is 0.171. The van der Waals surface area contributed by atoms with Crippen LogP contribution in [-0.2, 0) is 14.2 Å². The molecule has 0 spiro atoms. The summed E-state index contributed by atoms with van der Waals surface area (Å²) in [5.41, 5.74) is 0. The Balaban J connectivity index is 1.14. The summed E-state index contributed by atoms with van der Waals surface area (Å²) in [6.07, 6.45) is 5.74. The van der Waals surface area contributed by atoms with Crippen molar-refractivity contribution in [2.24, 2.45) is 0 Å². The lowest BCUT2D eigenvalue weighted by Crippen LogP contribution is -2.66. The molecule has 4 aliphatic rings. The van der Waals surface area contributed by atoms with Crippen molar-refractivity contribution in [3.05, 3.63) is 0 Å².